The number of hydrogen-bond acceptors (Lipinski definition) is 3. The fourth-order valence-electron chi connectivity index (χ4n) is 6.58. The van der Waals surface area contributed by atoms with E-state index in [2.05, 4.69) is 11.2 Å². The summed E-state index contributed by atoms with van der Waals surface area (Å²) in [5.41, 5.74) is -13.1. The van der Waals surface area contributed by atoms with Crippen molar-refractivity contribution in [2.24, 2.45) is 0 Å². The van der Waals surface area contributed by atoms with E-state index < -0.39 is 154 Å². The second-order valence-electron chi connectivity index (χ2n) is 13.5. The Morgan fingerprint density at radius 3 is 0.970 bits per heavy atom. The average Bonchev–Trinajstić information content (AvgIpc) is 3.28. The van der Waals surface area contributed by atoms with Gasteiger partial charge < -0.3 is 5.11 Å². The number of phenolic OH excluding ortho intramolecular Hbond substituents is 1. The van der Waals surface area contributed by atoms with Crippen LogP contribution < -0.4 is 21.9 Å². The van der Waals surface area contributed by atoms with Gasteiger partial charge in [0.1, 0.15) is 64.7 Å². The molecule has 0 bridgehead atoms. The summed E-state index contributed by atoms with van der Waals surface area (Å²) >= 11 is 0. The third-order valence-electron chi connectivity index (χ3n) is 9.49. The van der Waals surface area contributed by atoms with E-state index in [1.807, 2.05) is 30.3 Å². The van der Waals surface area contributed by atoms with E-state index in [-0.39, 0.29) is 17.3 Å². The summed E-state index contributed by atoms with van der Waals surface area (Å²) in [4.78, 5) is 12.1. The molecular weight excluding hydrogens is 963 g/mol. The molecule has 6 aromatic carbocycles. The van der Waals surface area contributed by atoms with Crippen molar-refractivity contribution >= 4 is 43.7 Å². The summed E-state index contributed by atoms with van der Waals surface area (Å²) < 4.78 is 306. The maximum absolute atomic E-state index is 15.4. The first-order chi connectivity index (χ1) is 30.7. The lowest BCUT2D eigenvalue weighted by molar-refractivity contribution is 0.102. The van der Waals surface area contributed by atoms with Crippen LogP contribution in [0.5, 0.6) is 5.75 Å². The third-order valence-corrected chi connectivity index (χ3v) is 10.8. The zero-order chi connectivity index (χ0) is 49.7. The maximum Gasteiger partial charge on any atom is 0.212 e. The minimum absolute atomic E-state index is 0.0904. The van der Waals surface area contributed by atoms with Gasteiger partial charge in [0.25, 0.3) is 0 Å². The topological polar surface area (TPSA) is 54.4 Å². The zero-order valence-corrected chi connectivity index (χ0v) is 32.5. The van der Waals surface area contributed by atoms with Crippen LogP contribution in [0.15, 0.2) is 54.6 Å². The van der Waals surface area contributed by atoms with E-state index >= 15 is 35.1 Å². The lowest BCUT2D eigenvalue weighted by Crippen LogP contribution is -2.81. The van der Waals surface area contributed by atoms with Crippen LogP contribution in [-0.2, 0) is 14.1 Å². The molecule has 66 heavy (non-hydrogen) atoms. The number of aromatic hydroxyl groups is 1. The Morgan fingerprint density at radius 2 is 0.697 bits per heavy atom. The molecule has 0 saturated heterocycles. The quantitative estimate of drug-likeness (QED) is 0.0332. The number of halogens is 20. The van der Waals surface area contributed by atoms with E-state index in [0.29, 0.717) is 5.56 Å². The highest BCUT2D eigenvalue weighted by Gasteiger charge is 2.52. The van der Waals surface area contributed by atoms with Crippen LogP contribution >= 0.6 is 0 Å². The van der Waals surface area contributed by atoms with Crippen LogP contribution in [0.3, 0.4) is 0 Å². The standard InChI is InChI=1S/C24BF20.C17H14O3S/c26-5-1(6(27)14(35)21(42)13(5)34)25(2-7(28)15(36)22(43)16(37)8(2)29,3-9(30)17(38)23(44)18(39)10(3)31)4-11(32)19(40)24(45)20(41)12(4)33;1-21(20,12-11-14-5-3-2-4-6-14)13-17(19)15-7-9-16(18)10-8-15/h;2-10H,13H2,1H3/q-1;/p+1. The van der Waals surface area contributed by atoms with Gasteiger partial charge in [-0.2, -0.15) is 0 Å². The van der Waals surface area contributed by atoms with Gasteiger partial charge in [-0.3, -0.25) is 4.79 Å². The molecule has 0 radical (unpaired) electrons. The van der Waals surface area contributed by atoms with Crippen molar-refractivity contribution in [1.82, 2.24) is 0 Å². The Balaban J connectivity index is 0.000000324. The van der Waals surface area contributed by atoms with E-state index in [1.165, 1.54) is 30.5 Å². The predicted octanol–water partition coefficient (Wildman–Crippen LogP) is 8.56. The molecule has 0 amide bonds. The van der Waals surface area contributed by atoms with Gasteiger partial charge in [0, 0.05) is 11.1 Å². The lowest BCUT2D eigenvalue weighted by atomic mass is 9.12. The van der Waals surface area contributed by atoms with Crippen molar-refractivity contribution in [1.29, 1.82) is 0 Å². The number of ketones is 1. The minimum Gasteiger partial charge on any atom is -0.508 e. The molecule has 0 aliphatic heterocycles. The summed E-state index contributed by atoms with van der Waals surface area (Å²) in [6.07, 6.45) is -5.73. The second kappa shape index (κ2) is 18.6. The molecule has 0 aromatic heterocycles. The van der Waals surface area contributed by atoms with Crippen LogP contribution in [0.1, 0.15) is 15.9 Å². The number of rotatable bonds is 7. The Morgan fingerprint density at radius 1 is 0.439 bits per heavy atom. The summed E-state index contributed by atoms with van der Waals surface area (Å²) in [6.45, 7) is 0. The Hall–Kier alpha value is -6.84. The molecule has 3 nitrogen and oxygen atoms in total. The summed E-state index contributed by atoms with van der Waals surface area (Å²) in [6, 6.07) is 15.1. The Kier molecular flexibility index (Phi) is 14.1. The molecule has 0 aliphatic carbocycles. The summed E-state index contributed by atoms with van der Waals surface area (Å²) in [5.74, 6) is -68.9. The van der Waals surface area contributed by atoms with Gasteiger partial charge in [-0.25, -0.2) is 87.8 Å². The molecule has 1 N–H and O–H groups in total. The van der Waals surface area contributed by atoms with Crippen molar-refractivity contribution in [2.45, 2.75) is 0 Å². The predicted molar refractivity (Wildman–Crippen MR) is 194 cm³/mol. The fourth-order valence-corrected chi connectivity index (χ4v) is 7.65. The van der Waals surface area contributed by atoms with Crippen LogP contribution in [0, 0.1) is 128 Å². The Labute approximate surface area is 356 Å². The molecule has 346 valence electrons. The van der Waals surface area contributed by atoms with Crippen molar-refractivity contribution < 1.29 is 102 Å². The number of Topliss-reactive ketones (excluding diaryl/α,β-unsaturated/α-hetero) is 1. The molecule has 25 heteroatoms. The monoisotopic (exact) mass is 978 g/mol. The van der Waals surface area contributed by atoms with Crippen LogP contribution in [0.25, 0.3) is 0 Å². The summed E-state index contributed by atoms with van der Waals surface area (Å²) in [7, 11) is -2.56. The van der Waals surface area contributed by atoms with E-state index in [0.717, 1.165) is 5.56 Å². The maximum atomic E-state index is 15.4. The first-order valence-corrected chi connectivity index (χ1v) is 19.4. The lowest BCUT2D eigenvalue weighted by Gasteiger charge is -2.44. The van der Waals surface area contributed by atoms with Gasteiger partial charge in [0.2, 0.25) is 5.78 Å². The number of benzene rings is 6. The molecular formula is C41H15BF20O3S. The Bertz CT molecular complexity index is 2700. The molecule has 1 atom stereocenters. The van der Waals surface area contributed by atoms with Gasteiger partial charge in [-0.1, -0.05) is 22.4 Å². The van der Waals surface area contributed by atoms with Gasteiger partial charge in [-0.15, -0.1) is 21.9 Å². The van der Waals surface area contributed by atoms with Gasteiger partial charge >= 0.3 is 0 Å². The van der Waals surface area contributed by atoms with Crippen molar-refractivity contribution in [2.75, 3.05) is 12.0 Å². The van der Waals surface area contributed by atoms with E-state index in [9.17, 15) is 66.8 Å². The number of carbonyl (C=O) groups excluding carboxylic acids is 1. The number of carbonyl (C=O) groups is 1. The van der Waals surface area contributed by atoms with Crippen molar-refractivity contribution in [3.8, 4) is 16.9 Å². The number of phenols is 1. The highest BCUT2D eigenvalue weighted by atomic mass is 32.2. The molecule has 0 spiro atoms. The smallest absolute Gasteiger partial charge is 0.212 e. The van der Waals surface area contributed by atoms with Gasteiger partial charge in [0.15, 0.2) is 90.7 Å². The normalized spacial score (nSPS) is 12.3. The van der Waals surface area contributed by atoms with Crippen molar-refractivity contribution in [3.63, 3.8) is 0 Å². The van der Waals surface area contributed by atoms with Gasteiger partial charge in [0.05, 0.1) is 0 Å². The van der Waals surface area contributed by atoms with Crippen molar-refractivity contribution in [3.05, 3.63) is 182 Å². The molecule has 6 aromatic rings. The molecule has 1 unspecified atom stereocenters. The third kappa shape index (κ3) is 8.44. The van der Waals surface area contributed by atoms with Crippen LogP contribution in [0.2, 0.25) is 0 Å². The highest BCUT2D eigenvalue weighted by molar-refractivity contribution is 8.07. The van der Waals surface area contributed by atoms with Gasteiger partial charge in [-0.05, 0) is 42.3 Å². The van der Waals surface area contributed by atoms with E-state index in [1.54, 1.807) is 0 Å². The zero-order valence-electron chi connectivity index (χ0n) is 31.7. The highest BCUT2D eigenvalue weighted by Crippen LogP contribution is 2.31. The molecule has 0 fully saturated rings. The summed E-state index contributed by atoms with van der Waals surface area (Å²) in [5, 5.41) is 11.9. The first kappa shape index (κ1) is 50.2. The second-order valence-corrected chi connectivity index (χ2v) is 16.0. The molecule has 0 aliphatic rings. The average molecular weight is 978 g/mol. The van der Waals surface area contributed by atoms with E-state index in [4.69, 9.17) is 0 Å². The molecule has 6 rings (SSSR count). The number of hydrogen-bond donors (Lipinski definition) is 1. The molecule has 0 heterocycles. The fraction of sp³-hybridized carbons (Fsp3) is 0.0488. The molecule has 0 saturated carbocycles. The SMILES string of the molecule is C[S+](=O)(C#Cc1ccccc1)CC(=O)c1ccc(O)cc1.Fc1c(F)c(F)c([B-](c2c(F)c(F)c(F)c(F)c2F)(c2c(F)c(F)c(F)c(F)c2F)c2c(F)c(F)c(F)c(F)c2F)c(F)c1F. The minimum atomic E-state index is -7.22. The van der Waals surface area contributed by atoms with Crippen LogP contribution in [0.4, 0.5) is 87.8 Å². The largest absolute Gasteiger partial charge is 0.508 e. The first-order valence-electron chi connectivity index (χ1n) is 17.3. The van der Waals surface area contributed by atoms with Crippen LogP contribution in [-0.4, -0.2) is 29.0 Å².